The zero-order valence-corrected chi connectivity index (χ0v) is 12.1. The molecule has 1 aromatic rings. The molecule has 1 aliphatic carbocycles. The molecule has 18 heavy (non-hydrogen) atoms. The second kappa shape index (κ2) is 4.88. The Morgan fingerprint density at radius 1 is 1.22 bits per heavy atom. The molecule has 100 valence electrons. The molecule has 1 fully saturated rings. The fourth-order valence-electron chi connectivity index (χ4n) is 2.00. The summed E-state index contributed by atoms with van der Waals surface area (Å²) >= 11 is 6.25. The lowest BCUT2D eigenvalue weighted by Gasteiger charge is -2.23. The molecule has 1 aliphatic rings. The summed E-state index contributed by atoms with van der Waals surface area (Å²) < 4.78 is 10.5. The molecule has 0 spiro atoms. The average Bonchev–Trinajstić information content (AvgIpc) is 3.10. The van der Waals surface area contributed by atoms with Crippen molar-refractivity contribution in [3.63, 3.8) is 0 Å². The van der Waals surface area contributed by atoms with Crippen molar-refractivity contribution in [2.75, 3.05) is 19.5 Å². The van der Waals surface area contributed by atoms with Crippen LogP contribution in [0.3, 0.4) is 0 Å². The van der Waals surface area contributed by atoms with Crippen LogP contribution in [0.1, 0.15) is 26.7 Å². The fraction of sp³-hybridized carbons (Fsp3) is 0.571. The van der Waals surface area contributed by atoms with Crippen LogP contribution in [-0.4, -0.2) is 20.3 Å². The van der Waals surface area contributed by atoms with Crippen LogP contribution < -0.4 is 14.8 Å². The maximum atomic E-state index is 6.25. The van der Waals surface area contributed by atoms with Gasteiger partial charge < -0.3 is 14.8 Å². The van der Waals surface area contributed by atoms with Crippen LogP contribution in [0.4, 0.5) is 5.69 Å². The Labute approximate surface area is 113 Å². The lowest BCUT2D eigenvalue weighted by molar-refractivity contribution is 0.355. The summed E-state index contributed by atoms with van der Waals surface area (Å²) in [6, 6.07) is 4.07. The summed E-state index contributed by atoms with van der Waals surface area (Å²) in [5.74, 6) is 1.34. The van der Waals surface area contributed by atoms with E-state index in [1.54, 1.807) is 20.3 Å². The number of hydrogen-bond donors (Lipinski definition) is 1. The van der Waals surface area contributed by atoms with Crippen LogP contribution in [0, 0.1) is 5.41 Å². The highest BCUT2D eigenvalue weighted by Gasteiger charge is 2.42. The van der Waals surface area contributed by atoms with Gasteiger partial charge in [-0.15, -0.1) is 0 Å². The zero-order valence-electron chi connectivity index (χ0n) is 11.3. The second-order valence-corrected chi connectivity index (χ2v) is 5.61. The van der Waals surface area contributed by atoms with Crippen LogP contribution in [0.5, 0.6) is 11.5 Å². The highest BCUT2D eigenvalue weighted by molar-refractivity contribution is 6.33. The van der Waals surface area contributed by atoms with Gasteiger partial charge in [-0.05, 0) is 25.2 Å². The van der Waals surface area contributed by atoms with Gasteiger partial charge in [0.15, 0.2) is 11.5 Å². The van der Waals surface area contributed by atoms with Crippen molar-refractivity contribution in [3.05, 3.63) is 17.2 Å². The summed E-state index contributed by atoms with van der Waals surface area (Å²) in [6.45, 7) is 4.49. The van der Waals surface area contributed by atoms with Crippen LogP contribution in [-0.2, 0) is 0 Å². The van der Waals surface area contributed by atoms with Gasteiger partial charge in [0.2, 0.25) is 0 Å². The Kier molecular flexibility index (Phi) is 3.62. The number of hydrogen-bond acceptors (Lipinski definition) is 3. The van der Waals surface area contributed by atoms with Gasteiger partial charge in [0.05, 0.1) is 24.9 Å². The molecule has 0 aromatic heterocycles. The first-order valence-electron chi connectivity index (χ1n) is 6.18. The van der Waals surface area contributed by atoms with Gasteiger partial charge in [-0.1, -0.05) is 18.5 Å². The monoisotopic (exact) mass is 269 g/mol. The van der Waals surface area contributed by atoms with E-state index in [2.05, 4.69) is 19.2 Å². The maximum absolute atomic E-state index is 6.25. The molecule has 3 nitrogen and oxygen atoms in total. The molecule has 0 bridgehead atoms. The van der Waals surface area contributed by atoms with Crippen molar-refractivity contribution >= 4 is 17.3 Å². The first-order chi connectivity index (χ1) is 8.50. The van der Waals surface area contributed by atoms with E-state index in [0.29, 0.717) is 28.0 Å². The Morgan fingerprint density at radius 3 is 2.28 bits per heavy atom. The number of benzene rings is 1. The smallest absolute Gasteiger partial charge is 0.162 e. The Balaban J connectivity index is 2.22. The molecule has 0 heterocycles. The van der Waals surface area contributed by atoms with Crippen LogP contribution in [0.2, 0.25) is 5.02 Å². The fourth-order valence-corrected chi connectivity index (χ4v) is 2.21. The third-order valence-corrected chi connectivity index (χ3v) is 4.24. The number of nitrogens with one attached hydrogen (secondary N) is 1. The third kappa shape index (κ3) is 2.51. The predicted octanol–water partition coefficient (Wildman–Crippen LogP) is 3.96. The standard InChI is InChI=1S/C14H20ClNO2/c1-9(14(2)5-6-14)16-11-8-13(18-4)12(17-3)7-10(11)15/h7-9,16H,5-6H2,1-4H3. The molecule has 1 saturated carbocycles. The molecule has 4 heteroatoms. The molecule has 0 aliphatic heterocycles. The van der Waals surface area contributed by atoms with Crippen molar-refractivity contribution in [1.29, 1.82) is 0 Å². The van der Waals surface area contributed by atoms with E-state index in [-0.39, 0.29) is 0 Å². The van der Waals surface area contributed by atoms with Crippen molar-refractivity contribution < 1.29 is 9.47 Å². The van der Waals surface area contributed by atoms with E-state index in [1.165, 1.54) is 12.8 Å². The van der Waals surface area contributed by atoms with Gasteiger partial charge in [-0.2, -0.15) is 0 Å². The summed E-state index contributed by atoms with van der Waals surface area (Å²) in [4.78, 5) is 0. The van der Waals surface area contributed by atoms with Gasteiger partial charge in [-0.3, -0.25) is 0 Å². The highest BCUT2D eigenvalue weighted by Crippen LogP contribution is 2.49. The second-order valence-electron chi connectivity index (χ2n) is 5.21. The lowest BCUT2D eigenvalue weighted by atomic mass is 10.0. The Bertz CT molecular complexity index is 444. The minimum Gasteiger partial charge on any atom is -0.493 e. The molecule has 0 amide bonds. The molecular weight excluding hydrogens is 250 g/mol. The van der Waals surface area contributed by atoms with E-state index in [0.717, 1.165) is 5.69 Å². The first-order valence-corrected chi connectivity index (χ1v) is 6.56. The van der Waals surface area contributed by atoms with Crippen molar-refractivity contribution in [2.24, 2.45) is 5.41 Å². The van der Waals surface area contributed by atoms with Crippen LogP contribution >= 0.6 is 11.6 Å². The van der Waals surface area contributed by atoms with E-state index in [4.69, 9.17) is 21.1 Å². The largest absolute Gasteiger partial charge is 0.493 e. The zero-order chi connectivity index (χ0) is 13.3. The minimum absolute atomic E-state index is 0.396. The van der Waals surface area contributed by atoms with Gasteiger partial charge in [0.1, 0.15) is 0 Å². The molecule has 1 N–H and O–H groups in total. The Morgan fingerprint density at radius 2 is 1.78 bits per heavy atom. The summed E-state index contributed by atoms with van der Waals surface area (Å²) in [6.07, 6.45) is 2.54. The lowest BCUT2D eigenvalue weighted by Crippen LogP contribution is -2.25. The molecule has 1 aromatic carbocycles. The van der Waals surface area contributed by atoms with E-state index < -0.39 is 0 Å². The van der Waals surface area contributed by atoms with E-state index in [1.807, 2.05) is 6.07 Å². The minimum atomic E-state index is 0.396. The summed E-state index contributed by atoms with van der Waals surface area (Å²) in [5, 5.41) is 4.13. The molecular formula is C14H20ClNO2. The molecule has 1 unspecified atom stereocenters. The number of ether oxygens (including phenoxy) is 2. The molecule has 0 saturated heterocycles. The van der Waals surface area contributed by atoms with Crippen molar-refractivity contribution in [3.8, 4) is 11.5 Å². The first kappa shape index (κ1) is 13.3. The van der Waals surface area contributed by atoms with Gasteiger partial charge >= 0.3 is 0 Å². The molecule has 1 atom stereocenters. The van der Waals surface area contributed by atoms with Crippen molar-refractivity contribution in [2.45, 2.75) is 32.7 Å². The predicted molar refractivity (Wildman–Crippen MR) is 75.0 cm³/mol. The van der Waals surface area contributed by atoms with Gasteiger partial charge in [-0.25, -0.2) is 0 Å². The number of halogens is 1. The van der Waals surface area contributed by atoms with Gasteiger partial charge in [0.25, 0.3) is 0 Å². The highest BCUT2D eigenvalue weighted by atomic mass is 35.5. The van der Waals surface area contributed by atoms with Crippen LogP contribution in [0.15, 0.2) is 12.1 Å². The quantitative estimate of drug-likeness (QED) is 0.878. The summed E-state index contributed by atoms with van der Waals surface area (Å²) in [5.41, 5.74) is 1.30. The average molecular weight is 270 g/mol. The van der Waals surface area contributed by atoms with Crippen LogP contribution in [0.25, 0.3) is 0 Å². The summed E-state index contributed by atoms with van der Waals surface area (Å²) in [7, 11) is 3.23. The topological polar surface area (TPSA) is 30.5 Å². The van der Waals surface area contributed by atoms with E-state index in [9.17, 15) is 0 Å². The molecule has 2 rings (SSSR count). The number of methoxy groups -OCH3 is 2. The Hall–Kier alpha value is -1.09. The number of rotatable bonds is 5. The third-order valence-electron chi connectivity index (χ3n) is 3.93. The molecule has 0 radical (unpaired) electrons. The maximum Gasteiger partial charge on any atom is 0.162 e. The van der Waals surface area contributed by atoms with Crippen molar-refractivity contribution in [1.82, 2.24) is 0 Å². The number of anilines is 1. The SMILES string of the molecule is COc1cc(Cl)c(NC(C)C2(C)CC2)cc1OC. The van der Waals surface area contributed by atoms with Gasteiger partial charge in [0, 0.05) is 18.2 Å². The van der Waals surface area contributed by atoms with E-state index >= 15 is 0 Å². The normalized spacial score (nSPS) is 18.1.